The van der Waals surface area contributed by atoms with Crippen LogP contribution in [0.3, 0.4) is 0 Å². The van der Waals surface area contributed by atoms with Crippen LogP contribution in [0.25, 0.3) is 10.9 Å². The van der Waals surface area contributed by atoms with Crippen molar-refractivity contribution in [1.82, 2.24) is 4.98 Å². The molecule has 106 valence electrons. The number of rotatable bonds is 3. The van der Waals surface area contributed by atoms with Gasteiger partial charge in [-0.2, -0.15) is 0 Å². The van der Waals surface area contributed by atoms with E-state index in [0.29, 0.717) is 27.6 Å². The Morgan fingerprint density at radius 3 is 2.81 bits per heavy atom. The van der Waals surface area contributed by atoms with Crippen molar-refractivity contribution in [1.29, 1.82) is 0 Å². The van der Waals surface area contributed by atoms with Gasteiger partial charge < -0.3 is 15.5 Å². The number of fused-ring (bicyclic) bond motifs is 1. The summed E-state index contributed by atoms with van der Waals surface area (Å²) in [4.78, 5) is 15.7. The second kappa shape index (κ2) is 5.14. The van der Waals surface area contributed by atoms with Crippen LogP contribution in [0.1, 0.15) is 15.9 Å². The number of carbonyl (C=O) groups is 1. The molecule has 0 saturated carbocycles. The number of nitrogens with two attached hydrogens (primary N) is 1. The molecule has 0 saturated heterocycles. The number of benzene rings is 2. The van der Waals surface area contributed by atoms with E-state index in [0.717, 1.165) is 10.9 Å². The first-order valence-corrected chi connectivity index (χ1v) is 6.73. The van der Waals surface area contributed by atoms with E-state index in [1.165, 1.54) is 7.11 Å². The molecule has 2 aromatic carbocycles. The Kier molecular flexibility index (Phi) is 3.31. The zero-order chi connectivity index (χ0) is 15.0. The topological polar surface area (TPSA) is 68.1 Å². The standard InChI is InChI=1S/C16H13ClN2O2/c1-21-14-6-5-9(7-12(14)18)16(20)10-8-19-13-4-2-3-11(17)15(10)13/h2-8,19H,18H2,1H3. The zero-order valence-corrected chi connectivity index (χ0v) is 12.1. The van der Waals surface area contributed by atoms with Gasteiger partial charge in [0.05, 0.1) is 17.8 Å². The molecule has 3 aromatic rings. The predicted octanol–water partition coefficient (Wildman–Crippen LogP) is 3.64. The van der Waals surface area contributed by atoms with Crippen LogP contribution in [-0.2, 0) is 0 Å². The molecule has 21 heavy (non-hydrogen) atoms. The van der Waals surface area contributed by atoms with Gasteiger partial charge in [-0.1, -0.05) is 17.7 Å². The maximum atomic E-state index is 12.7. The third-order valence-corrected chi connectivity index (χ3v) is 3.71. The van der Waals surface area contributed by atoms with E-state index in [4.69, 9.17) is 22.1 Å². The average Bonchev–Trinajstić information content (AvgIpc) is 2.92. The summed E-state index contributed by atoms with van der Waals surface area (Å²) in [5.41, 5.74) is 8.13. The van der Waals surface area contributed by atoms with E-state index in [-0.39, 0.29) is 5.78 Å². The summed E-state index contributed by atoms with van der Waals surface area (Å²) >= 11 is 6.20. The highest BCUT2D eigenvalue weighted by atomic mass is 35.5. The van der Waals surface area contributed by atoms with Crippen LogP contribution < -0.4 is 10.5 Å². The SMILES string of the molecule is COc1ccc(C(=O)c2c[nH]c3cccc(Cl)c23)cc1N. The van der Waals surface area contributed by atoms with Crippen molar-refractivity contribution in [2.45, 2.75) is 0 Å². The van der Waals surface area contributed by atoms with Gasteiger partial charge in [0.2, 0.25) is 0 Å². The van der Waals surface area contributed by atoms with Crippen molar-refractivity contribution < 1.29 is 9.53 Å². The van der Waals surface area contributed by atoms with Gasteiger partial charge in [0.25, 0.3) is 0 Å². The minimum atomic E-state index is -0.135. The van der Waals surface area contributed by atoms with Gasteiger partial charge in [-0.05, 0) is 30.3 Å². The fourth-order valence-corrected chi connectivity index (χ4v) is 2.63. The first-order chi connectivity index (χ1) is 10.1. The molecule has 1 heterocycles. The summed E-state index contributed by atoms with van der Waals surface area (Å²) in [6.45, 7) is 0. The number of aromatic nitrogens is 1. The molecule has 0 unspecified atom stereocenters. The summed E-state index contributed by atoms with van der Waals surface area (Å²) in [5, 5.41) is 1.26. The molecule has 4 nitrogen and oxygen atoms in total. The maximum Gasteiger partial charge on any atom is 0.195 e. The summed E-state index contributed by atoms with van der Waals surface area (Å²) in [7, 11) is 1.53. The number of halogens is 1. The third-order valence-electron chi connectivity index (χ3n) is 3.39. The number of ether oxygens (including phenoxy) is 1. The fraction of sp³-hybridized carbons (Fsp3) is 0.0625. The number of ketones is 1. The van der Waals surface area contributed by atoms with Crippen molar-refractivity contribution in [2.24, 2.45) is 0 Å². The van der Waals surface area contributed by atoms with E-state index < -0.39 is 0 Å². The van der Waals surface area contributed by atoms with Gasteiger partial charge in [-0.15, -0.1) is 0 Å². The Hall–Kier alpha value is -2.46. The number of hydrogen-bond donors (Lipinski definition) is 2. The molecule has 0 aliphatic heterocycles. The van der Waals surface area contributed by atoms with Crippen molar-refractivity contribution >= 4 is 34.0 Å². The summed E-state index contributed by atoms with van der Waals surface area (Å²) in [6.07, 6.45) is 1.67. The highest BCUT2D eigenvalue weighted by molar-refractivity contribution is 6.37. The van der Waals surface area contributed by atoms with Gasteiger partial charge in [0.15, 0.2) is 5.78 Å². The Bertz CT molecular complexity index is 839. The van der Waals surface area contributed by atoms with Crippen LogP contribution in [0.4, 0.5) is 5.69 Å². The Morgan fingerprint density at radius 2 is 2.10 bits per heavy atom. The van der Waals surface area contributed by atoms with Crippen LogP contribution >= 0.6 is 11.6 Å². The second-order valence-corrected chi connectivity index (χ2v) is 5.06. The summed E-state index contributed by atoms with van der Waals surface area (Å²) in [5.74, 6) is 0.409. The first kappa shape index (κ1) is 13.5. The molecule has 0 bridgehead atoms. The molecular weight excluding hydrogens is 288 g/mol. The number of anilines is 1. The van der Waals surface area contributed by atoms with E-state index in [9.17, 15) is 4.79 Å². The molecule has 0 atom stereocenters. The van der Waals surface area contributed by atoms with Crippen LogP contribution in [0.2, 0.25) is 5.02 Å². The van der Waals surface area contributed by atoms with Crippen LogP contribution in [0, 0.1) is 0 Å². The minimum absolute atomic E-state index is 0.135. The van der Waals surface area contributed by atoms with Gasteiger partial charge in [0, 0.05) is 28.2 Å². The molecule has 0 aliphatic carbocycles. The Labute approximate surface area is 126 Å². The lowest BCUT2D eigenvalue weighted by Crippen LogP contribution is -2.02. The number of aromatic amines is 1. The summed E-state index contributed by atoms with van der Waals surface area (Å²) in [6, 6.07) is 10.4. The molecular formula is C16H13ClN2O2. The van der Waals surface area contributed by atoms with Crippen LogP contribution in [0.15, 0.2) is 42.6 Å². The smallest absolute Gasteiger partial charge is 0.195 e. The molecule has 1 aromatic heterocycles. The molecule has 3 N–H and O–H groups in total. The lowest BCUT2D eigenvalue weighted by molar-refractivity contribution is 0.104. The van der Waals surface area contributed by atoms with Crippen molar-refractivity contribution in [2.75, 3.05) is 12.8 Å². The number of H-pyrrole nitrogens is 1. The normalized spacial score (nSPS) is 10.8. The second-order valence-electron chi connectivity index (χ2n) is 4.65. The Balaban J connectivity index is 2.11. The van der Waals surface area contributed by atoms with Gasteiger partial charge in [-0.25, -0.2) is 0 Å². The van der Waals surface area contributed by atoms with E-state index in [1.807, 2.05) is 12.1 Å². The Morgan fingerprint density at radius 1 is 1.29 bits per heavy atom. The van der Waals surface area contributed by atoms with Crippen molar-refractivity contribution in [3.05, 3.63) is 58.7 Å². The lowest BCUT2D eigenvalue weighted by Gasteiger charge is -2.06. The molecule has 0 radical (unpaired) electrons. The van der Waals surface area contributed by atoms with Crippen molar-refractivity contribution in [3.63, 3.8) is 0 Å². The van der Waals surface area contributed by atoms with Crippen LogP contribution in [0.5, 0.6) is 5.75 Å². The highest BCUT2D eigenvalue weighted by Gasteiger charge is 2.17. The predicted molar refractivity (Wildman–Crippen MR) is 84.1 cm³/mol. The maximum absolute atomic E-state index is 12.7. The first-order valence-electron chi connectivity index (χ1n) is 6.35. The van der Waals surface area contributed by atoms with Crippen molar-refractivity contribution in [3.8, 4) is 5.75 Å². The molecule has 5 heteroatoms. The minimum Gasteiger partial charge on any atom is -0.495 e. The molecule has 3 rings (SSSR count). The third kappa shape index (κ3) is 2.23. The quantitative estimate of drug-likeness (QED) is 0.573. The number of nitrogens with one attached hydrogen (secondary N) is 1. The summed E-state index contributed by atoms with van der Waals surface area (Å²) < 4.78 is 5.10. The molecule has 0 amide bonds. The number of nitrogen functional groups attached to an aromatic ring is 1. The molecule has 0 fully saturated rings. The molecule has 0 aliphatic rings. The van der Waals surface area contributed by atoms with E-state index >= 15 is 0 Å². The van der Waals surface area contributed by atoms with Crippen LogP contribution in [-0.4, -0.2) is 17.9 Å². The van der Waals surface area contributed by atoms with Gasteiger partial charge in [0.1, 0.15) is 5.75 Å². The van der Waals surface area contributed by atoms with E-state index in [1.54, 1.807) is 30.5 Å². The number of methoxy groups -OCH3 is 1. The molecule has 0 spiro atoms. The lowest BCUT2D eigenvalue weighted by atomic mass is 10.0. The number of carbonyl (C=O) groups excluding carboxylic acids is 1. The largest absolute Gasteiger partial charge is 0.495 e. The fourth-order valence-electron chi connectivity index (χ4n) is 2.35. The monoisotopic (exact) mass is 300 g/mol. The van der Waals surface area contributed by atoms with Gasteiger partial charge >= 0.3 is 0 Å². The van der Waals surface area contributed by atoms with Gasteiger partial charge in [-0.3, -0.25) is 4.79 Å². The highest BCUT2D eigenvalue weighted by Crippen LogP contribution is 2.29. The van der Waals surface area contributed by atoms with E-state index in [2.05, 4.69) is 4.98 Å². The zero-order valence-electron chi connectivity index (χ0n) is 11.3. The average molecular weight is 301 g/mol. The number of hydrogen-bond acceptors (Lipinski definition) is 3.